The fourth-order valence-electron chi connectivity index (χ4n) is 2.26. The van der Waals surface area contributed by atoms with Crippen LogP contribution in [0.3, 0.4) is 0 Å². The maximum Gasteiger partial charge on any atom is 0.212 e. The molecule has 1 fully saturated rings. The molecule has 3 N–H and O–H groups in total. The van der Waals surface area contributed by atoms with Crippen molar-refractivity contribution >= 4 is 10.0 Å². The van der Waals surface area contributed by atoms with Crippen LogP contribution >= 0.6 is 0 Å². The third kappa shape index (κ3) is 5.27. The Morgan fingerprint density at radius 3 is 2.44 bits per heavy atom. The first kappa shape index (κ1) is 13.9. The van der Waals surface area contributed by atoms with Crippen LogP contribution in [0.2, 0.25) is 0 Å². The predicted molar refractivity (Wildman–Crippen MR) is 66.6 cm³/mol. The van der Waals surface area contributed by atoms with E-state index in [1.165, 1.54) is 25.7 Å². The quantitative estimate of drug-likeness (QED) is 0.739. The second-order valence-corrected chi connectivity index (χ2v) is 6.84. The van der Waals surface area contributed by atoms with Crippen molar-refractivity contribution in [3.05, 3.63) is 0 Å². The zero-order valence-electron chi connectivity index (χ0n) is 10.1. The molecule has 0 saturated heterocycles. The summed E-state index contributed by atoms with van der Waals surface area (Å²) in [5.41, 5.74) is 5.23. The SMILES string of the molecule is CC1CCC(CCNS(=O)(=O)CCN)CC1. The van der Waals surface area contributed by atoms with Gasteiger partial charge in [-0.1, -0.05) is 32.6 Å². The first-order valence-electron chi connectivity index (χ1n) is 6.21. The van der Waals surface area contributed by atoms with E-state index in [1.54, 1.807) is 0 Å². The molecule has 96 valence electrons. The molecule has 1 aliphatic carbocycles. The van der Waals surface area contributed by atoms with E-state index >= 15 is 0 Å². The standard InChI is InChI=1S/C11H24N2O2S/c1-10-2-4-11(5-3-10)6-8-13-16(14,15)9-7-12/h10-11,13H,2-9,12H2,1H3. The molecule has 0 spiro atoms. The van der Waals surface area contributed by atoms with Crippen LogP contribution in [0.1, 0.15) is 39.0 Å². The van der Waals surface area contributed by atoms with Gasteiger partial charge in [0.1, 0.15) is 0 Å². The molecular weight excluding hydrogens is 224 g/mol. The number of nitrogens with two attached hydrogens (primary N) is 1. The maximum atomic E-state index is 11.3. The van der Waals surface area contributed by atoms with E-state index in [9.17, 15) is 8.42 Å². The average Bonchev–Trinajstić information content (AvgIpc) is 2.20. The molecule has 16 heavy (non-hydrogen) atoms. The second-order valence-electron chi connectivity index (χ2n) is 4.92. The highest BCUT2D eigenvalue weighted by atomic mass is 32.2. The van der Waals surface area contributed by atoms with E-state index in [0.29, 0.717) is 12.5 Å². The van der Waals surface area contributed by atoms with Gasteiger partial charge < -0.3 is 5.73 Å². The third-order valence-electron chi connectivity index (χ3n) is 3.40. The smallest absolute Gasteiger partial charge is 0.212 e. The summed E-state index contributed by atoms with van der Waals surface area (Å²) >= 11 is 0. The molecule has 4 nitrogen and oxygen atoms in total. The van der Waals surface area contributed by atoms with Gasteiger partial charge in [0.25, 0.3) is 0 Å². The van der Waals surface area contributed by atoms with Crippen molar-refractivity contribution in [2.24, 2.45) is 17.6 Å². The Morgan fingerprint density at radius 2 is 1.88 bits per heavy atom. The Balaban J connectivity index is 2.16. The van der Waals surface area contributed by atoms with Crippen LogP contribution in [0.4, 0.5) is 0 Å². The molecule has 1 aliphatic rings. The van der Waals surface area contributed by atoms with Crippen LogP contribution in [0.15, 0.2) is 0 Å². The molecule has 5 heteroatoms. The zero-order chi connectivity index (χ0) is 12.0. The first-order valence-corrected chi connectivity index (χ1v) is 7.86. The van der Waals surface area contributed by atoms with Gasteiger partial charge in [-0.25, -0.2) is 13.1 Å². The zero-order valence-corrected chi connectivity index (χ0v) is 10.9. The number of sulfonamides is 1. The Bertz CT molecular complexity index is 282. The van der Waals surface area contributed by atoms with Crippen molar-refractivity contribution in [1.29, 1.82) is 0 Å². The first-order chi connectivity index (χ1) is 7.53. The molecule has 0 aromatic carbocycles. The van der Waals surface area contributed by atoms with Gasteiger partial charge in [-0.3, -0.25) is 0 Å². The Morgan fingerprint density at radius 1 is 1.25 bits per heavy atom. The van der Waals surface area contributed by atoms with E-state index in [2.05, 4.69) is 11.6 Å². The van der Waals surface area contributed by atoms with Crippen LogP contribution in [-0.4, -0.2) is 27.3 Å². The monoisotopic (exact) mass is 248 g/mol. The molecule has 1 rings (SSSR count). The largest absolute Gasteiger partial charge is 0.329 e. The number of nitrogens with one attached hydrogen (secondary N) is 1. The maximum absolute atomic E-state index is 11.3. The molecular formula is C11H24N2O2S. The van der Waals surface area contributed by atoms with Crippen molar-refractivity contribution in [3.8, 4) is 0 Å². The minimum atomic E-state index is -3.12. The van der Waals surface area contributed by atoms with Crippen LogP contribution in [0.25, 0.3) is 0 Å². The lowest BCUT2D eigenvalue weighted by Crippen LogP contribution is -2.31. The fraction of sp³-hybridized carbons (Fsp3) is 1.00. The van der Waals surface area contributed by atoms with Crippen molar-refractivity contribution in [1.82, 2.24) is 4.72 Å². The van der Waals surface area contributed by atoms with Gasteiger partial charge in [0, 0.05) is 13.1 Å². The highest BCUT2D eigenvalue weighted by Gasteiger charge is 2.18. The van der Waals surface area contributed by atoms with Gasteiger partial charge in [0.05, 0.1) is 5.75 Å². The Kier molecular flexibility index (Phi) is 5.72. The van der Waals surface area contributed by atoms with Gasteiger partial charge >= 0.3 is 0 Å². The van der Waals surface area contributed by atoms with Crippen molar-refractivity contribution in [2.45, 2.75) is 39.0 Å². The molecule has 0 bridgehead atoms. The third-order valence-corrected chi connectivity index (χ3v) is 4.81. The van der Waals surface area contributed by atoms with Gasteiger partial charge in [0.15, 0.2) is 0 Å². The van der Waals surface area contributed by atoms with Crippen molar-refractivity contribution in [2.75, 3.05) is 18.8 Å². The van der Waals surface area contributed by atoms with Crippen LogP contribution in [0.5, 0.6) is 0 Å². The average molecular weight is 248 g/mol. The highest BCUT2D eigenvalue weighted by Crippen LogP contribution is 2.29. The summed E-state index contributed by atoms with van der Waals surface area (Å²) in [5, 5.41) is 0. The molecule has 0 heterocycles. The molecule has 0 aliphatic heterocycles. The molecule has 0 aromatic heterocycles. The summed E-state index contributed by atoms with van der Waals surface area (Å²) in [6, 6.07) is 0. The summed E-state index contributed by atoms with van der Waals surface area (Å²) in [4.78, 5) is 0. The fourth-order valence-corrected chi connectivity index (χ4v) is 3.15. The van der Waals surface area contributed by atoms with Gasteiger partial charge in [0.2, 0.25) is 10.0 Å². The minimum Gasteiger partial charge on any atom is -0.329 e. The summed E-state index contributed by atoms with van der Waals surface area (Å²) in [5.74, 6) is 1.59. The van der Waals surface area contributed by atoms with Gasteiger partial charge in [-0.15, -0.1) is 0 Å². The lowest BCUT2D eigenvalue weighted by Gasteiger charge is -2.26. The molecule has 1 saturated carbocycles. The highest BCUT2D eigenvalue weighted by molar-refractivity contribution is 7.89. The Labute approximate surface area is 99.0 Å². The van der Waals surface area contributed by atoms with Crippen molar-refractivity contribution < 1.29 is 8.42 Å². The Hall–Kier alpha value is -0.130. The number of hydrogen-bond donors (Lipinski definition) is 2. The lowest BCUT2D eigenvalue weighted by atomic mass is 9.81. The van der Waals surface area contributed by atoms with E-state index in [4.69, 9.17) is 5.73 Å². The summed E-state index contributed by atoms with van der Waals surface area (Å²) in [6.45, 7) is 3.05. The summed E-state index contributed by atoms with van der Waals surface area (Å²) < 4.78 is 25.3. The topological polar surface area (TPSA) is 72.2 Å². The van der Waals surface area contributed by atoms with Crippen LogP contribution in [-0.2, 0) is 10.0 Å². The van der Waals surface area contributed by atoms with E-state index < -0.39 is 10.0 Å². The molecule has 0 unspecified atom stereocenters. The van der Waals surface area contributed by atoms with Gasteiger partial charge in [-0.05, 0) is 18.3 Å². The molecule has 0 aromatic rings. The van der Waals surface area contributed by atoms with E-state index in [-0.39, 0.29) is 12.3 Å². The van der Waals surface area contributed by atoms with Crippen LogP contribution < -0.4 is 10.5 Å². The normalized spacial score (nSPS) is 26.9. The summed E-state index contributed by atoms with van der Waals surface area (Å²) in [6.07, 6.45) is 6.05. The number of hydrogen-bond acceptors (Lipinski definition) is 3. The lowest BCUT2D eigenvalue weighted by molar-refractivity contribution is 0.278. The number of rotatable bonds is 6. The van der Waals surface area contributed by atoms with E-state index in [0.717, 1.165) is 12.3 Å². The van der Waals surface area contributed by atoms with Gasteiger partial charge in [-0.2, -0.15) is 0 Å². The molecule has 0 amide bonds. The van der Waals surface area contributed by atoms with E-state index in [1.807, 2.05) is 0 Å². The predicted octanol–water partition coefficient (Wildman–Crippen LogP) is 1.08. The summed E-state index contributed by atoms with van der Waals surface area (Å²) in [7, 11) is -3.12. The van der Waals surface area contributed by atoms with Crippen molar-refractivity contribution in [3.63, 3.8) is 0 Å². The van der Waals surface area contributed by atoms with Crippen LogP contribution in [0, 0.1) is 11.8 Å². The minimum absolute atomic E-state index is 0.0364. The second kappa shape index (κ2) is 6.57. The molecule has 0 radical (unpaired) electrons. The molecule has 0 atom stereocenters.